The van der Waals surface area contributed by atoms with Crippen LogP contribution in [0.3, 0.4) is 0 Å². The van der Waals surface area contributed by atoms with Crippen molar-refractivity contribution in [1.29, 1.82) is 0 Å². The summed E-state index contributed by atoms with van der Waals surface area (Å²) < 4.78 is 5.94. The van der Waals surface area contributed by atoms with Crippen molar-refractivity contribution in [2.75, 3.05) is 5.32 Å². The van der Waals surface area contributed by atoms with Gasteiger partial charge in [-0.3, -0.25) is 14.4 Å². The molecule has 0 bridgehead atoms. The number of anilines is 1. The van der Waals surface area contributed by atoms with Crippen molar-refractivity contribution in [3.05, 3.63) is 94.0 Å². The molecule has 3 rings (SSSR count). The molecule has 2 amide bonds. The Bertz CT molecular complexity index is 1100. The molecule has 3 aromatic rings. The second-order valence-electron chi connectivity index (χ2n) is 6.86. The fourth-order valence-electron chi connectivity index (χ4n) is 2.87. The molecule has 2 N–H and O–H groups in total. The SMILES string of the molecule is CC(=O)Oc1cccc(C(=O)Nc2ccc(CNC(=O)Cc3cccc(Br)c3)cc2)c1. The highest BCUT2D eigenvalue weighted by molar-refractivity contribution is 9.10. The molecule has 3 aromatic carbocycles. The van der Waals surface area contributed by atoms with Crippen LogP contribution in [0.15, 0.2) is 77.3 Å². The zero-order valence-electron chi connectivity index (χ0n) is 16.9. The Morgan fingerprint density at radius 3 is 2.35 bits per heavy atom. The van der Waals surface area contributed by atoms with Crippen molar-refractivity contribution < 1.29 is 19.1 Å². The smallest absolute Gasteiger partial charge is 0.308 e. The molecule has 0 aromatic heterocycles. The van der Waals surface area contributed by atoms with Crippen LogP contribution in [0.4, 0.5) is 5.69 Å². The van der Waals surface area contributed by atoms with Crippen LogP contribution in [-0.4, -0.2) is 17.8 Å². The fraction of sp³-hybridized carbons (Fsp3) is 0.125. The zero-order valence-corrected chi connectivity index (χ0v) is 18.4. The van der Waals surface area contributed by atoms with Crippen LogP contribution in [0.2, 0.25) is 0 Å². The number of esters is 1. The maximum absolute atomic E-state index is 12.4. The van der Waals surface area contributed by atoms with E-state index in [9.17, 15) is 14.4 Å². The van der Waals surface area contributed by atoms with Crippen molar-refractivity contribution in [3.63, 3.8) is 0 Å². The van der Waals surface area contributed by atoms with Crippen LogP contribution >= 0.6 is 15.9 Å². The second-order valence-corrected chi connectivity index (χ2v) is 7.77. The van der Waals surface area contributed by atoms with Gasteiger partial charge in [0, 0.05) is 29.2 Å². The Morgan fingerprint density at radius 2 is 1.65 bits per heavy atom. The molecular weight excluding hydrogens is 460 g/mol. The first-order valence-electron chi connectivity index (χ1n) is 9.59. The molecule has 0 radical (unpaired) electrons. The molecule has 31 heavy (non-hydrogen) atoms. The maximum atomic E-state index is 12.4. The van der Waals surface area contributed by atoms with E-state index in [0.717, 1.165) is 15.6 Å². The Kier molecular flexibility index (Phi) is 7.56. The van der Waals surface area contributed by atoms with Crippen molar-refractivity contribution in [2.45, 2.75) is 19.9 Å². The van der Waals surface area contributed by atoms with E-state index in [4.69, 9.17) is 4.74 Å². The van der Waals surface area contributed by atoms with Crippen molar-refractivity contribution in [3.8, 4) is 5.75 Å². The predicted octanol–water partition coefficient (Wildman–Crippen LogP) is 4.49. The van der Waals surface area contributed by atoms with Crippen LogP contribution in [0.25, 0.3) is 0 Å². The molecule has 0 unspecified atom stereocenters. The van der Waals surface area contributed by atoms with Gasteiger partial charge in [-0.1, -0.05) is 46.3 Å². The van der Waals surface area contributed by atoms with Crippen molar-refractivity contribution in [1.82, 2.24) is 5.32 Å². The topological polar surface area (TPSA) is 84.5 Å². The van der Waals surface area contributed by atoms with Crippen LogP contribution < -0.4 is 15.4 Å². The Morgan fingerprint density at radius 1 is 0.903 bits per heavy atom. The number of hydrogen-bond donors (Lipinski definition) is 2. The summed E-state index contributed by atoms with van der Waals surface area (Å²) >= 11 is 3.40. The summed E-state index contributed by atoms with van der Waals surface area (Å²) in [5.74, 6) is -0.516. The number of carbonyl (C=O) groups is 3. The van der Waals surface area contributed by atoms with Gasteiger partial charge in [-0.25, -0.2) is 0 Å². The third kappa shape index (κ3) is 7.08. The molecule has 0 spiro atoms. The van der Waals surface area contributed by atoms with E-state index in [1.807, 2.05) is 36.4 Å². The van der Waals surface area contributed by atoms with Crippen molar-refractivity contribution in [2.24, 2.45) is 0 Å². The minimum absolute atomic E-state index is 0.0665. The second kappa shape index (κ2) is 10.5. The first kappa shape index (κ1) is 22.2. The number of nitrogens with one attached hydrogen (secondary N) is 2. The third-order valence-electron chi connectivity index (χ3n) is 4.31. The first-order chi connectivity index (χ1) is 14.9. The quantitative estimate of drug-likeness (QED) is 0.385. The number of rotatable bonds is 7. The summed E-state index contributed by atoms with van der Waals surface area (Å²) in [5.41, 5.74) is 2.84. The largest absolute Gasteiger partial charge is 0.427 e. The highest BCUT2D eigenvalue weighted by Crippen LogP contribution is 2.16. The van der Waals surface area contributed by atoms with E-state index in [1.165, 1.54) is 13.0 Å². The Hall–Kier alpha value is -3.45. The molecule has 6 nitrogen and oxygen atoms in total. The minimum atomic E-state index is -0.447. The summed E-state index contributed by atoms with van der Waals surface area (Å²) in [6, 6.07) is 21.2. The Labute approximate surface area is 188 Å². The van der Waals surface area contributed by atoms with Gasteiger partial charge in [-0.15, -0.1) is 0 Å². The number of carbonyl (C=O) groups excluding carboxylic acids is 3. The lowest BCUT2D eigenvalue weighted by atomic mass is 10.1. The Balaban J connectivity index is 1.52. The van der Waals surface area contributed by atoms with Gasteiger partial charge in [-0.2, -0.15) is 0 Å². The van der Waals surface area contributed by atoms with Gasteiger partial charge in [0.25, 0.3) is 5.91 Å². The molecule has 158 valence electrons. The van der Waals surface area contributed by atoms with Gasteiger partial charge >= 0.3 is 5.97 Å². The molecule has 0 aliphatic rings. The summed E-state index contributed by atoms with van der Waals surface area (Å²) in [6.07, 6.45) is 0.306. The molecule has 0 saturated heterocycles. The van der Waals surface area contributed by atoms with E-state index in [2.05, 4.69) is 26.6 Å². The molecule has 0 aliphatic heterocycles. The molecule has 0 fully saturated rings. The summed E-state index contributed by atoms with van der Waals surface area (Å²) in [7, 11) is 0. The van der Waals surface area contributed by atoms with Crippen LogP contribution in [-0.2, 0) is 22.6 Å². The lowest BCUT2D eigenvalue weighted by molar-refractivity contribution is -0.131. The first-order valence-corrected chi connectivity index (χ1v) is 10.4. The zero-order chi connectivity index (χ0) is 22.2. The maximum Gasteiger partial charge on any atom is 0.308 e. The van der Waals surface area contributed by atoms with Gasteiger partial charge in [0.15, 0.2) is 0 Å². The van der Waals surface area contributed by atoms with Gasteiger partial charge < -0.3 is 15.4 Å². The average molecular weight is 481 g/mol. The van der Waals surface area contributed by atoms with Gasteiger partial charge in [0.05, 0.1) is 6.42 Å². The highest BCUT2D eigenvalue weighted by atomic mass is 79.9. The summed E-state index contributed by atoms with van der Waals surface area (Å²) in [4.78, 5) is 35.7. The number of hydrogen-bond acceptors (Lipinski definition) is 4. The lowest BCUT2D eigenvalue weighted by Crippen LogP contribution is -2.24. The number of benzene rings is 3. The summed E-state index contributed by atoms with van der Waals surface area (Å²) in [6.45, 7) is 1.70. The van der Waals surface area contributed by atoms with Crippen molar-refractivity contribution >= 4 is 39.4 Å². The molecule has 7 heteroatoms. The van der Waals surface area contributed by atoms with Crippen LogP contribution in [0, 0.1) is 0 Å². The third-order valence-corrected chi connectivity index (χ3v) is 4.81. The van der Waals surface area contributed by atoms with Crippen LogP contribution in [0.1, 0.15) is 28.4 Å². The lowest BCUT2D eigenvalue weighted by Gasteiger charge is -2.09. The number of halogens is 1. The highest BCUT2D eigenvalue weighted by Gasteiger charge is 2.09. The fourth-order valence-corrected chi connectivity index (χ4v) is 3.32. The average Bonchev–Trinajstić information content (AvgIpc) is 2.73. The van der Waals surface area contributed by atoms with E-state index in [1.54, 1.807) is 30.3 Å². The minimum Gasteiger partial charge on any atom is -0.427 e. The molecule has 0 saturated carbocycles. The molecule has 0 aliphatic carbocycles. The number of amides is 2. The van der Waals surface area contributed by atoms with E-state index in [-0.39, 0.29) is 11.8 Å². The van der Waals surface area contributed by atoms with E-state index in [0.29, 0.717) is 30.0 Å². The van der Waals surface area contributed by atoms with Crippen LogP contribution in [0.5, 0.6) is 5.75 Å². The monoisotopic (exact) mass is 480 g/mol. The van der Waals surface area contributed by atoms with Gasteiger partial charge in [0.1, 0.15) is 5.75 Å². The molecule has 0 atom stereocenters. The normalized spacial score (nSPS) is 10.3. The van der Waals surface area contributed by atoms with E-state index < -0.39 is 5.97 Å². The standard InChI is InChI=1S/C24H21BrN2O4/c1-16(28)31-22-7-3-5-19(14-22)24(30)27-21-10-8-17(9-11-21)15-26-23(29)13-18-4-2-6-20(25)12-18/h2-12,14H,13,15H2,1H3,(H,26,29)(H,27,30). The molecular formula is C24H21BrN2O4. The number of ether oxygens (including phenoxy) is 1. The molecule has 0 heterocycles. The van der Waals surface area contributed by atoms with E-state index >= 15 is 0 Å². The van der Waals surface area contributed by atoms with Gasteiger partial charge in [-0.05, 0) is 53.6 Å². The van der Waals surface area contributed by atoms with Gasteiger partial charge in [0.2, 0.25) is 5.91 Å². The summed E-state index contributed by atoms with van der Waals surface area (Å²) in [5, 5.41) is 5.69. The predicted molar refractivity (Wildman–Crippen MR) is 122 cm³/mol.